The quantitative estimate of drug-likeness (QED) is 0.573. The first-order chi connectivity index (χ1) is 5.55. The number of rotatable bonds is 2. The maximum Gasteiger partial charge on any atom is 0.131 e. The van der Waals surface area contributed by atoms with Crippen molar-refractivity contribution in [1.82, 2.24) is 0 Å². The summed E-state index contributed by atoms with van der Waals surface area (Å²) in [6, 6.07) is 8.03. The Morgan fingerprint density at radius 1 is 1.25 bits per heavy atom. The molecule has 68 valence electrons. The molecule has 0 atom stereocenters. The van der Waals surface area contributed by atoms with E-state index in [0.29, 0.717) is 0 Å². The van der Waals surface area contributed by atoms with Crippen LogP contribution in [0.5, 0.6) is 5.75 Å². The van der Waals surface area contributed by atoms with Crippen LogP contribution in [0.25, 0.3) is 0 Å². The van der Waals surface area contributed by atoms with Crippen molar-refractivity contribution in [3.8, 4) is 5.75 Å². The van der Waals surface area contributed by atoms with E-state index < -0.39 is 9.06 Å². The zero-order valence-corrected chi connectivity index (χ0v) is 9.28. The molecule has 0 fully saturated rings. The monoisotopic (exact) mass is 202 g/mol. The molecule has 1 nitrogen and oxygen atoms in total. The number of methoxy groups -OCH3 is 1. The van der Waals surface area contributed by atoms with Crippen LogP contribution >= 0.6 is 20.7 Å². The van der Waals surface area contributed by atoms with E-state index in [-0.39, 0.29) is 0 Å². The van der Waals surface area contributed by atoms with E-state index in [2.05, 4.69) is 30.2 Å². The highest BCUT2D eigenvalue weighted by Gasteiger charge is 2.13. The van der Waals surface area contributed by atoms with Crippen molar-refractivity contribution in [2.45, 2.75) is 4.90 Å². The van der Waals surface area contributed by atoms with Crippen LogP contribution < -0.4 is 4.74 Å². The Labute approximate surface area is 80.3 Å². The summed E-state index contributed by atoms with van der Waals surface area (Å²) < 4.78 is 5.24. The molecule has 0 saturated carbocycles. The summed E-state index contributed by atoms with van der Waals surface area (Å²) in [5, 5.41) is 0. The van der Waals surface area contributed by atoms with Gasteiger partial charge in [0.2, 0.25) is 0 Å². The zero-order valence-electron chi connectivity index (χ0n) is 7.57. The summed E-state index contributed by atoms with van der Waals surface area (Å²) in [7, 11) is 0.716. The fourth-order valence-corrected chi connectivity index (χ4v) is 2.54. The molecule has 0 radical (unpaired) electrons. The number of hydrogen-bond acceptors (Lipinski definition) is 2. The first-order valence-electron chi connectivity index (χ1n) is 3.64. The second-order valence-corrected chi connectivity index (χ2v) is 8.65. The third-order valence-corrected chi connectivity index (χ3v) is 3.61. The first kappa shape index (κ1) is 9.81. The number of hydrogen-bond donors (Lipinski definition) is 1. The Hall–Kier alpha value is -0.280. The maximum atomic E-state index is 5.24. The third kappa shape index (κ3) is 2.11. The molecule has 1 aromatic rings. The SMILES string of the molecule is COc1ccccc1S(C)(C)S. The fraction of sp³-hybridized carbons (Fsp3) is 0.333. The Morgan fingerprint density at radius 2 is 1.83 bits per heavy atom. The largest absolute Gasteiger partial charge is 0.496 e. The van der Waals surface area contributed by atoms with E-state index in [4.69, 9.17) is 4.74 Å². The molecule has 0 bridgehead atoms. The molecule has 0 N–H and O–H groups in total. The van der Waals surface area contributed by atoms with Crippen molar-refractivity contribution >= 4 is 20.7 Å². The van der Waals surface area contributed by atoms with Crippen LogP contribution in [-0.2, 0) is 0 Å². The van der Waals surface area contributed by atoms with Crippen molar-refractivity contribution in [3.05, 3.63) is 24.3 Å². The Kier molecular flexibility index (Phi) is 2.96. The molecule has 0 aliphatic rings. The summed E-state index contributed by atoms with van der Waals surface area (Å²) >= 11 is 4.57. The summed E-state index contributed by atoms with van der Waals surface area (Å²) in [5.74, 6) is 0.938. The second kappa shape index (κ2) is 3.62. The Bertz CT molecular complexity index is 265. The van der Waals surface area contributed by atoms with Gasteiger partial charge in [0, 0.05) is 4.90 Å². The van der Waals surface area contributed by atoms with Crippen LogP contribution in [0.1, 0.15) is 0 Å². The second-order valence-electron chi connectivity index (χ2n) is 2.92. The zero-order chi connectivity index (χ0) is 9.19. The summed E-state index contributed by atoms with van der Waals surface area (Å²) in [6.45, 7) is 0. The topological polar surface area (TPSA) is 9.23 Å². The van der Waals surface area contributed by atoms with Gasteiger partial charge in [-0.2, -0.15) is 9.06 Å². The van der Waals surface area contributed by atoms with Gasteiger partial charge in [-0.3, -0.25) is 0 Å². The maximum absolute atomic E-state index is 5.24. The highest BCUT2D eigenvalue weighted by atomic mass is 33.1. The van der Waals surface area contributed by atoms with Crippen molar-refractivity contribution < 1.29 is 4.74 Å². The van der Waals surface area contributed by atoms with Crippen molar-refractivity contribution in [2.24, 2.45) is 0 Å². The van der Waals surface area contributed by atoms with Crippen LogP contribution in [0.2, 0.25) is 0 Å². The molecule has 0 heterocycles. The van der Waals surface area contributed by atoms with Gasteiger partial charge >= 0.3 is 0 Å². The van der Waals surface area contributed by atoms with E-state index in [0.717, 1.165) is 5.75 Å². The highest BCUT2D eigenvalue weighted by Crippen LogP contribution is 2.56. The van der Waals surface area contributed by atoms with Crippen LogP contribution in [0.4, 0.5) is 0 Å². The van der Waals surface area contributed by atoms with Gasteiger partial charge in [-0.05, 0) is 24.6 Å². The number of para-hydroxylation sites is 1. The van der Waals surface area contributed by atoms with Crippen LogP contribution in [0.3, 0.4) is 0 Å². The minimum Gasteiger partial charge on any atom is -0.496 e. The molecule has 0 spiro atoms. The normalized spacial score (nSPS) is 12.7. The third-order valence-electron chi connectivity index (χ3n) is 1.61. The van der Waals surface area contributed by atoms with E-state index in [1.807, 2.05) is 18.2 Å². The smallest absolute Gasteiger partial charge is 0.131 e. The van der Waals surface area contributed by atoms with Gasteiger partial charge in [-0.25, -0.2) is 0 Å². The lowest BCUT2D eigenvalue weighted by molar-refractivity contribution is 0.404. The van der Waals surface area contributed by atoms with Crippen LogP contribution in [0.15, 0.2) is 29.2 Å². The minimum atomic E-state index is -0.976. The molecular weight excluding hydrogens is 188 g/mol. The lowest BCUT2D eigenvalue weighted by Gasteiger charge is -2.26. The highest BCUT2D eigenvalue weighted by molar-refractivity contribution is 8.87. The van der Waals surface area contributed by atoms with Gasteiger partial charge in [0.1, 0.15) is 5.75 Å². The van der Waals surface area contributed by atoms with Crippen molar-refractivity contribution in [2.75, 3.05) is 19.6 Å². The molecule has 0 saturated heterocycles. The van der Waals surface area contributed by atoms with Gasteiger partial charge in [0.25, 0.3) is 0 Å². The molecule has 3 heteroatoms. The summed E-state index contributed by atoms with van der Waals surface area (Å²) in [5.41, 5.74) is 0. The van der Waals surface area contributed by atoms with E-state index in [1.54, 1.807) is 7.11 Å². The first-order valence-corrected chi connectivity index (χ1v) is 7.14. The van der Waals surface area contributed by atoms with Gasteiger partial charge < -0.3 is 4.74 Å². The van der Waals surface area contributed by atoms with Gasteiger partial charge in [0.15, 0.2) is 0 Å². The van der Waals surface area contributed by atoms with Crippen LogP contribution in [-0.4, -0.2) is 19.6 Å². The molecular formula is C9H14OS2. The fourth-order valence-electron chi connectivity index (χ4n) is 1.03. The van der Waals surface area contributed by atoms with Crippen LogP contribution in [0, 0.1) is 0 Å². The minimum absolute atomic E-state index is 0.938. The lowest BCUT2D eigenvalue weighted by Crippen LogP contribution is -1.92. The van der Waals surface area contributed by atoms with Crippen molar-refractivity contribution in [3.63, 3.8) is 0 Å². The van der Waals surface area contributed by atoms with E-state index in [1.165, 1.54) is 4.90 Å². The predicted octanol–water partition coefficient (Wildman–Crippen LogP) is 2.96. The van der Waals surface area contributed by atoms with Gasteiger partial charge in [-0.15, -0.1) is 11.7 Å². The molecule has 0 aromatic heterocycles. The number of thiol groups is 1. The molecule has 0 aliphatic heterocycles. The Balaban J connectivity index is 3.14. The Morgan fingerprint density at radius 3 is 2.25 bits per heavy atom. The predicted molar refractivity (Wildman–Crippen MR) is 59.7 cm³/mol. The van der Waals surface area contributed by atoms with E-state index in [9.17, 15) is 0 Å². The number of ether oxygens (including phenoxy) is 1. The summed E-state index contributed by atoms with van der Waals surface area (Å²) in [4.78, 5) is 1.20. The average Bonchev–Trinajstić information content (AvgIpc) is 2.03. The van der Waals surface area contributed by atoms with Gasteiger partial charge in [0.05, 0.1) is 7.11 Å². The summed E-state index contributed by atoms with van der Waals surface area (Å²) in [6.07, 6.45) is 4.27. The lowest BCUT2D eigenvalue weighted by atomic mass is 10.3. The van der Waals surface area contributed by atoms with Crippen molar-refractivity contribution in [1.29, 1.82) is 0 Å². The molecule has 0 aliphatic carbocycles. The average molecular weight is 202 g/mol. The molecule has 0 amide bonds. The van der Waals surface area contributed by atoms with Gasteiger partial charge in [-0.1, -0.05) is 12.1 Å². The molecule has 1 rings (SSSR count). The molecule has 12 heavy (non-hydrogen) atoms. The standard InChI is InChI=1S/C9H14OS2/c1-10-8-6-4-5-7-9(8)12(2,3)11/h4-7,11H,1-3H3. The molecule has 0 unspecified atom stereocenters. The van der Waals surface area contributed by atoms with E-state index >= 15 is 0 Å². The number of benzene rings is 1. The molecule has 1 aromatic carbocycles.